The van der Waals surface area contributed by atoms with Crippen molar-refractivity contribution in [3.05, 3.63) is 42.2 Å². The number of nitrogens with one attached hydrogen (secondary N) is 1. The highest BCUT2D eigenvalue weighted by atomic mass is 16.4. The van der Waals surface area contributed by atoms with Crippen LogP contribution in [0.3, 0.4) is 0 Å². The van der Waals surface area contributed by atoms with Crippen molar-refractivity contribution in [1.29, 1.82) is 0 Å². The third-order valence-electron chi connectivity index (χ3n) is 4.52. The fraction of sp³-hybridized carbons (Fsp3) is 0.375. The summed E-state index contributed by atoms with van der Waals surface area (Å²) in [6.07, 6.45) is 4.91. The standard InChI is InChI=1S/C16H19N3O2/c1-19-8-6-16(7-9-19,15(20)21)14-4-2-12(3-5-14)13-10-17-18-11-13/h2-5,10-11H,6-9H2,1H3,(H,17,18)(H,20,21). The Kier molecular flexibility index (Phi) is 3.51. The second-order valence-electron chi connectivity index (χ2n) is 5.75. The number of carboxylic acids is 1. The number of hydrogen-bond acceptors (Lipinski definition) is 3. The average Bonchev–Trinajstić information content (AvgIpc) is 3.02. The molecular weight excluding hydrogens is 266 g/mol. The molecule has 1 fully saturated rings. The monoisotopic (exact) mass is 285 g/mol. The van der Waals surface area contributed by atoms with Gasteiger partial charge in [-0.25, -0.2) is 0 Å². The zero-order valence-electron chi connectivity index (χ0n) is 12.0. The lowest BCUT2D eigenvalue weighted by atomic mass is 9.72. The summed E-state index contributed by atoms with van der Waals surface area (Å²) >= 11 is 0. The van der Waals surface area contributed by atoms with Gasteiger partial charge < -0.3 is 10.0 Å². The van der Waals surface area contributed by atoms with Crippen molar-refractivity contribution in [2.45, 2.75) is 18.3 Å². The van der Waals surface area contributed by atoms with Gasteiger partial charge in [0.25, 0.3) is 0 Å². The van der Waals surface area contributed by atoms with Gasteiger partial charge in [-0.3, -0.25) is 9.89 Å². The van der Waals surface area contributed by atoms with E-state index in [-0.39, 0.29) is 0 Å². The van der Waals surface area contributed by atoms with Crippen molar-refractivity contribution < 1.29 is 9.90 Å². The van der Waals surface area contributed by atoms with E-state index in [1.165, 1.54) is 0 Å². The number of hydrogen-bond donors (Lipinski definition) is 2. The molecule has 1 aliphatic heterocycles. The molecule has 1 aromatic carbocycles. The summed E-state index contributed by atoms with van der Waals surface area (Å²) in [5, 5.41) is 16.5. The zero-order chi connectivity index (χ0) is 14.9. The fourth-order valence-corrected chi connectivity index (χ4v) is 3.02. The van der Waals surface area contributed by atoms with Crippen molar-refractivity contribution in [2.75, 3.05) is 20.1 Å². The molecule has 0 saturated carbocycles. The number of likely N-dealkylation sites (tertiary alicyclic amines) is 1. The van der Waals surface area contributed by atoms with Crippen molar-refractivity contribution in [3.63, 3.8) is 0 Å². The van der Waals surface area contributed by atoms with E-state index in [0.29, 0.717) is 12.8 Å². The van der Waals surface area contributed by atoms with E-state index in [0.717, 1.165) is 29.8 Å². The van der Waals surface area contributed by atoms with E-state index >= 15 is 0 Å². The number of piperidine rings is 1. The molecule has 1 aliphatic rings. The number of benzene rings is 1. The molecule has 0 bridgehead atoms. The first kappa shape index (κ1) is 13.8. The number of aliphatic carboxylic acids is 1. The Bertz CT molecular complexity index is 611. The smallest absolute Gasteiger partial charge is 0.314 e. The largest absolute Gasteiger partial charge is 0.481 e. The van der Waals surface area contributed by atoms with E-state index in [2.05, 4.69) is 15.1 Å². The van der Waals surface area contributed by atoms with Gasteiger partial charge in [0.2, 0.25) is 0 Å². The van der Waals surface area contributed by atoms with Crippen LogP contribution in [0, 0.1) is 0 Å². The number of aromatic nitrogens is 2. The van der Waals surface area contributed by atoms with Crippen LogP contribution >= 0.6 is 0 Å². The van der Waals surface area contributed by atoms with Gasteiger partial charge in [0.05, 0.1) is 11.6 Å². The molecule has 0 spiro atoms. The number of carboxylic acid groups (broad SMARTS) is 1. The summed E-state index contributed by atoms with van der Waals surface area (Å²) in [5.41, 5.74) is 2.20. The lowest BCUT2D eigenvalue weighted by molar-refractivity contribution is -0.145. The van der Waals surface area contributed by atoms with Crippen LogP contribution in [0.2, 0.25) is 0 Å². The highest BCUT2D eigenvalue weighted by Crippen LogP contribution is 2.36. The van der Waals surface area contributed by atoms with Gasteiger partial charge in [-0.15, -0.1) is 0 Å². The predicted octanol–water partition coefficient (Wildman–Crippen LogP) is 2.12. The molecule has 0 unspecified atom stereocenters. The molecule has 0 amide bonds. The van der Waals surface area contributed by atoms with Gasteiger partial charge >= 0.3 is 5.97 Å². The fourth-order valence-electron chi connectivity index (χ4n) is 3.02. The first-order chi connectivity index (χ1) is 10.1. The molecule has 0 atom stereocenters. The third kappa shape index (κ3) is 2.45. The first-order valence-electron chi connectivity index (χ1n) is 7.13. The van der Waals surface area contributed by atoms with Crippen LogP contribution in [0.25, 0.3) is 11.1 Å². The van der Waals surface area contributed by atoms with Crippen LogP contribution in [0.1, 0.15) is 18.4 Å². The van der Waals surface area contributed by atoms with Gasteiger partial charge in [0.1, 0.15) is 0 Å². The Balaban J connectivity index is 1.92. The minimum atomic E-state index is -0.749. The molecule has 2 N–H and O–H groups in total. The maximum atomic E-state index is 11.9. The van der Waals surface area contributed by atoms with Gasteiger partial charge in [0, 0.05) is 11.8 Å². The Hall–Kier alpha value is -2.14. The maximum absolute atomic E-state index is 11.9. The number of nitrogens with zero attached hydrogens (tertiary/aromatic N) is 2. The van der Waals surface area contributed by atoms with Crippen LogP contribution in [-0.2, 0) is 10.2 Å². The summed E-state index contributed by atoms with van der Waals surface area (Å²) < 4.78 is 0. The Morgan fingerprint density at radius 1 is 1.24 bits per heavy atom. The van der Waals surface area contributed by atoms with Crippen LogP contribution in [0.15, 0.2) is 36.7 Å². The Morgan fingerprint density at radius 2 is 1.90 bits per heavy atom. The summed E-state index contributed by atoms with van der Waals surface area (Å²) in [5.74, 6) is -0.716. The molecular formula is C16H19N3O2. The zero-order valence-corrected chi connectivity index (χ0v) is 12.0. The highest BCUT2D eigenvalue weighted by Gasteiger charge is 2.42. The van der Waals surface area contributed by atoms with E-state index in [4.69, 9.17) is 0 Å². The molecule has 1 saturated heterocycles. The lowest BCUT2D eigenvalue weighted by Gasteiger charge is -2.37. The van der Waals surface area contributed by atoms with Gasteiger partial charge in [-0.1, -0.05) is 24.3 Å². The predicted molar refractivity (Wildman–Crippen MR) is 80.1 cm³/mol. The molecule has 21 heavy (non-hydrogen) atoms. The van der Waals surface area contributed by atoms with Crippen LogP contribution < -0.4 is 0 Å². The second-order valence-corrected chi connectivity index (χ2v) is 5.75. The molecule has 0 aliphatic carbocycles. The van der Waals surface area contributed by atoms with Crippen LogP contribution in [-0.4, -0.2) is 46.3 Å². The average molecular weight is 285 g/mol. The van der Waals surface area contributed by atoms with E-state index in [1.54, 1.807) is 6.20 Å². The Labute approximate surface area is 123 Å². The highest BCUT2D eigenvalue weighted by molar-refractivity contribution is 5.82. The van der Waals surface area contributed by atoms with Crippen LogP contribution in [0.4, 0.5) is 0 Å². The summed E-state index contributed by atoms with van der Waals surface area (Å²) in [4.78, 5) is 14.0. The second kappa shape index (κ2) is 5.33. The topological polar surface area (TPSA) is 69.2 Å². The quantitative estimate of drug-likeness (QED) is 0.906. The van der Waals surface area contributed by atoms with Crippen molar-refractivity contribution in [3.8, 4) is 11.1 Å². The number of aromatic amines is 1. The SMILES string of the molecule is CN1CCC(C(=O)O)(c2ccc(-c3cn[nH]c3)cc2)CC1. The number of carbonyl (C=O) groups is 1. The Morgan fingerprint density at radius 3 is 2.43 bits per heavy atom. The minimum absolute atomic E-state index is 0.657. The maximum Gasteiger partial charge on any atom is 0.314 e. The number of rotatable bonds is 3. The molecule has 0 radical (unpaired) electrons. The van der Waals surface area contributed by atoms with E-state index in [9.17, 15) is 9.90 Å². The van der Waals surface area contributed by atoms with Crippen molar-refractivity contribution in [1.82, 2.24) is 15.1 Å². The van der Waals surface area contributed by atoms with E-state index in [1.807, 2.05) is 37.5 Å². The summed E-state index contributed by atoms with van der Waals surface area (Å²) in [6, 6.07) is 7.84. The lowest BCUT2D eigenvalue weighted by Crippen LogP contribution is -2.46. The van der Waals surface area contributed by atoms with E-state index < -0.39 is 11.4 Å². The van der Waals surface area contributed by atoms with Crippen molar-refractivity contribution in [2.24, 2.45) is 0 Å². The normalized spacial score (nSPS) is 18.5. The molecule has 1 aromatic heterocycles. The van der Waals surface area contributed by atoms with Gasteiger partial charge in [-0.2, -0.15) is 5.10 Å². The molecule has 110 valence electrons. The molecule has 5 heteroatoms. The van der Waals surface area contributed by atoms with Gasteiger partial charge in [-0.05, 0) is 44.1 Å². The summed E-state index contributed by atoms with van der Waals surface area (Å²) in [7, 11) is 2.04. The molecule has 3 rings (SSSR count). The molecule has 2 heterocycles. The van der Waals surface area contributed by atoms with Gasteiger partial charge in [0.15, 0.2) is 0 Å². The van der Waals surface area contributed by atoms with Crippen molar-refractivity contribution >= 4 is 5.97 Å². The molecule has 5 nitrogen and oxygen atoms in total. The third-order valence-corrected chi connectivity index (χ3v) is 4.52. The van der Waals surface area contributed by atoms with Crippen LogP contribution in [0.5, 0.6) is 0 Å². The first-order valence-corrected chi connectivity index (χ1v) is 7.13. The number of H-pyrrole nitrogens is 1. The molecule has 2 aromatic rings. The minimum Gasteiger partial charge on any atom is -0.481 e. The summed E-state index contributed by atoms with van der Waals surface area (Å²) in [6.45, 7) is 1.63.